The first kappa shape index (κ1) is 15.0. The molecular weight excluding hydrogens is 250 g/mol. The Bertz CT molecular complexity index is 464. The normalized spacial score (nSPS) is 17.1. The van der Waals surface area contributed by atoms with Crippen molar-refractivity contribution in [3.8, 4) is 0 Å². The van der Waals surface area contributed by atoms with Crippen LogP contribution in [0.25, 0.3) is 0 Å². The molecule has 1 atom stereocenters. The van der Waals surface area contributed by atoms with Crippen LogP contribution in [0.1, 0.15) is 55.3 Å². The van der Waals surface area contributed by atoms with Gasteiger partial charge in [0.25, 0.3) is 0 Å². The lowest BCUT2D eigenvalue weighted by Gasteiger charge is -2.23. The molecule has 3 nitrogen and oxygen atoms in total. The van der Waals surface area contributed by atoms with Crippen molar-refractivity contribution >= 4 is 5.97 Å². The zero-order valence-electron chi connectivity index (χ0n) is 12.7. The van der Waals surface area contributed by atoms with Crippen LogP contribution in [0, 0.1) is 13.8 Å². The molecule has 0 saturated heterocycles. The van der Waals surface area contributed by atoms with Gasteiger partial charge in [-0.25, -0.2) is 4.79 Å². The maximum Gasteiger partial charge on any atom is 0.327 e. The molecule has 1 aromatic rings. The highest BCUT2D eigenvalue weighted by Crippen LogP contribution is 2.25. The van der Waals surface area contributed by atoms with E-state index in [2.05, 4.69) is 37.4 Å². The van der Waals surface area contributed by atoms with Crippen molar-refractivity contribution in [3.05, 3.63) is 34.9 Å². The molecule has 0 bridgehead atoms. The van der Waals surface area contributed by atoms with E-state index in [0.29, 0.717) is 12.6 Å². The van der Waals surface area contributed by atoms with Crippen molar-refractivity contribution in [1.82, 2.24) is 5.32 Å². The second kappa shape index (κ2) is 6.89. The molecule has 1 unspecified atom stereocenters. The van der Waals surface area contributed by atoms with Crippen LogP contribution in [0.3, 0.4) is 0 Å². The van der Waals surface area contributed by atoms with Crippen LogP contribution in [0.4, 0.5) is 0 Å². The van der Waals surface area contributed by atoms with Crippen LogP contribution < -0.4 is 5.32 Å². The third-order valence-corrected chi connectivity index (χ3v) is 4.03. The topological polar surface area (TPSA) is 38.3 Å². The van der Waals surface area contributed by atoms with Gasteiger partial charge in [-0.05, 0) is 44.7 Å². The molecular formula is C17H25NO2. The van der Waals surface area contributed by atoms with Gasteiger partial charge >= 0.3 is 5.97 Å². The summed E-state index contributed by atoms with van der Waals surface area (Å²) >= 11 is 0. The van der Waals surface area contributed by atoms with Crippen LogP contribution in [0.5, 0.6) is 0 Å². The van der Waals surface area contributed by atoms with Gasteiger partial charge in [-0.2, -0.15) is 0 Å². The van der Waals surface area contributed by atoms with Crippen LogP contribution in [0.2, 0.25) is 0 Å². The van der Waals surface area contributed by atoms with E-state index in [0.717, 1.165) is 24.0 Å². The molecule has 110 valence electrons. The highest BCUT2D eigenvalue weighted by atomic mass is 16.5. The first-order valence-corrected chi connectivity index (χ1v) is 7.61. The number of aryl methyl sites for hydroxylation is 2. The first-order chi connectivity index (χ1) is 9.61. The number of hydrogen-bond acceptors (Lipinski definition) is 3. The largest absolute Gasteiger partial charge is 0.465 e. The van der Waals surface area contributed by atoms with Crippen molar-refractivity contribution in [1.29, 1.82) is 0 Å². The summed E-state index contributed by atoms with van der Waals surface area (Å²) < 4.78 is 5.26. The van der Waals surface area contributed by atoms with Gasteiger partial charge in [-0.15, -0.1) is 0 Å². The number of carbonyl (C=O) groups excluding carboxylic acids is 1. The van der Waals surface area contributed by atoms with Crippen molar-refractivity contribution < 1.29 is 9.53 Å². The van der Waals surface area contributed by atoms with Crippen LogP contribution in [0.15, 0.2) is 18.2 Å². The number of benzene rings is 1. The summed E-state index contributed by atoms with van der Waals surface area (Å²) in [6.07, 6.45) is 4.81. The summed E-state index contributed by atoms with van der Waals surface area (Å²) in [5.41, 5.74) is 3.36. The molecule has 1 N–H and O–H groups in total. The van der Waals surface area contributed by atoms with E-state index >= 15 is 0 Å². The van der Waals surface area contributed by atoms with E-state index in [1.807, 2.05) is 6.92 Å². The molecule has 2 rings (SSSR count). The molecule has 1 saturated carbocycles. The number of nitrogens with one attached hydrogen (secondary N) is 1. The standard InChI is InChI=1S/C17H25NO2/c1-4-20-17(19)16(18-14-7-5-6-8-14)15-11-12(2)9-10-13(15)3/h9-11,14,16,18H,4-8H2,1-3H3. The molecule has 0 aliphatic heterocycles. The monoisotopic (exact) mass is 275 g/mol. The maximum atomic E-state index is 12.3. The molecule has 1 aliphatic carbocycles. The van der Waals surface area contributed by atoms with E-state index in [1.165, 1.54) is 18.4 Å². The van der Waals surface area contributed by atoms with Gasteiger partial charge in [0.2, 0.25) is 0 Å². The van der Waals surface area contributed by atoms with Crippen LogP contribution >= 0.6 is 0 Å². The Labute approximate surface area is 121 Å². The molecule has 0 heterocycles. The predicted octanol–water partition coefficient (Wildman–Crippen LogP) is 3.44. The zero-order chi connectivity index (χ0) is 14.5. The number of esters is 1. The van der Waals surface area contributed by atoms with E-state index < -0.39 is 0 Å². The molecule has 1 fully saturated rings. The van der Waals surface area contributed by atoms with Crippen molar-refractivity contribution in [2.75, 3.05) is 6.61 Å². The predicted molar refractivity (Wildman–Crippen MR) is 80.7 cm³/mol. The summed E-state index contributed by atoms with van der Waals surface area (Å²) in [5, 5.41) is 3.51. The third kappa shape index (κ3) is 3.60. The smallest absolute Gasteiger partial charge is 0.327 e. The highest BCUT2D eigenvalue weighted by molar-refractivity contribution is 5.78. The van der Waals surface area contributed by atoms with Gasteiger partial charge in [0.05, 0.1) is 6.61 Å². The molecule has 0 amide bonds. The lowest BCUT2D eigenvalue weighted by Crippen LogP contribution is -2.37. The Balaban J connectivity index is 2.24. The third-order valence-electron chi connectivity index (χ3n) is 4.03. The van der Waals surface area contributed by atoms with Gasteiger partial charge in [-0.3, -0.25) is 5.32 Å². The summed E-state index contributed by atoms with van der Waals surface area (Å²) in [6, 6.07) is 6.35. The number of carbonyl (C=O) groups is 1. The highest BCUT2D eigenvalue weighted by Gasteiger charge is 2.27. The fourth-order valence-corrected chi connectivity index (χ4v) is 2.91. The number of hydrogen-bond donors (Lipinski definition) is 1. The van der Waals surface area contributed by atoms with Crippen molar-refractivity contribution in [2.24, 2.45) is 0 Å². The average molecular weight is 275 g/mol. The Morgan fingerprint density at radius 3 is 2.70 bits per heavy atom. The Morgan fingerprint density at radius 1 is 1.35 bits per heavy atom. The maximum absolute atomic E-state index is 12.3. The van der Waals surface area contributed by atoms with Gasteiger partial charge in [0.1, 0.15) is 6.04 Å². The minimum Gasteiger partial charge on any atom is -0.465 e. The van der Waals surface area contributed by atoms with Gasteiger partial charge in [0, 0.05) is 6.04 Å². The second-order valence-electron chi connectivity index (χ2n) is 5.69. The quantitative estimate of drug-likeness (QED) is 0.837. The van der Waals surface area contributed by atoms with E-state index in [-0.39, 0.29) is 12.0 Å². The Morgan fingerprint density at radius 2 is 2.05 bits per heavy atom. The minimum atomic E-state index is -0.335. The minimum absolute atomic E-state index is 0.159. The van der Waals surface area contributed by atoms with E-state index in [9.17, 15) is 4.79 Å². The summed E-state index contributed by atoms with van der Waals surface area (Å²) in [4.78, 5) is 12.3. The van der Waals surface area contributed by atoms with Crippen molar-refractivity contribution in [2.45, 2.75) is 58.5 Å². The SMILES string of the molecule is CCOC(=O)C(NC1CCCC1)c1cc(C)ccc1C. The second-order valence-corrected chi connectivity index (χ2v) is 5.69. The van der Waals surface area contributed by atoms with Gasteiger partial charge < -0.3 is 4.74 Å². The fourth-order valence-electron chi connectivity index (χ4n) is 2.91. The van der Waals surface area contributed by atoms with Gasteiger partial charge in [0.15, 0.2) is 0 Å². The molecule has 1 aromatic carbocycles. The summed E-state index contributed by atoms with van der Waals surface area (Å²) in [6.45, 7) is 6.39. The molecule has 0 aromatic heterocycles. The Hall–Kier alpha value is -1.35. The lowest BCUT2D eigenvalue weighted by molar-refractivity contribution is -0.146. The molecule has 20 heavy (non-hydrogen) atoms. The first-order valence-electron chi connectivity index (χ1n) is 7.61. The fraction of sp³-hybridized carbons (Fsp3) is 0.588. The lowest BCUT2D eigenvalue weighted by atomic mass is 9.98. The van der Waals surface area contributed by atoms with E-state index in [1.54, 1.807) is 0 Å². The number of rotatable bonds is 5. The zero-order valence-corrected chi connectivity index (χ0v) is 12.7. The van der Waals surface area contributed by atoms with Crippen LogP contribution in [-0.4, -0.2) is 18.6 Å². The average Bonchev–Trinajstić information content (AvgIpc) is 2.92. The molecule has 0 radical (unpaired) electrons. The summed E-state index contributed by atoms with van der Waals surface area (Å²) in [5.74, 6) is -0.159. The molecule has 0 spiro atoms. The Kier molecular flexibility index (Phi) is 5.18. The van der Waals surface area contributed by atoms with E-state index in [4.69, 9.17) is 4.74 Å². The molecule has 1 aliphatic rings. The number of ether oxygens (including phenoxy) is 1. The van der Waals surface area contributed by atoms with Gasteiger partial charge in [-0.1, -0.05) is 36.6 Å². The van der Waals surface area contributed by atoms with Crippen molar-refractivity contribution in [3.63, 3.8) is 0 Å². The van der Waals surface area contributed by atoms with Crippen LogP contribution in [-0.2, 0) is 9.53 Å². The molecule has 3 heteroatoms. The summed E-state index contributed by atoms with van der Waals surface area (Å²) in [7, 11) is 0.